The molecule has 0 atom stereocenters. The van der Waals surface area contributed by atoms with Gasteiger partial charge in [-0.3, -0.25) is 4.79 Å². The zero-order valence-electron chi connectivity index (χ0n) is 10.2. The molecule has 1 aromatic carbocycles. The number of rotatable bonds is 3. The van der Waals surface area contributed by atoms with Crippen LogP contribution in [0.3, 0.4) is 0 Å². The molecule has 0 aliphatic rings. The first-order chi connectivity index (χ1) is 7.81. The second-order valence-corrected chi connectivity index (χ2v) is 4.95. The number of nitrogen functional groups attached to an aromatic ring is 1. The smallest absolute Gasteiger partial charge is 0.257 e. The highest BCUT2D eigenvalue weighted by Gasteiger charge is 2.29. The number of carbonyl (C=O) groups excluding carboxylic acids is 1. The van der Waals surface area contributed by atoms with Gasteiger partial charge in [-0.1, -0.05) is 17.7 Å². The van der Waals surface area contributed by atoms with Crippen LogP contribution in [-0.4, -0.2) is 35.1 Å². The van der Waals surface area contributed by atoms with Gasteiger partial charge in [0.15, 0.2) is 0 Å². The zero-order valence-corrected chi connectivity index (χ0v) is 11.0. The summed E-state index contributed by atoms with van der Waals surface area (Å²) in [6, 6.07) is 4.93. The Morgan fingerprint density at radius 2 is 2.12 bits per heavy atom. The van der Waals surface area contributed by atoms with Crippen LogP contribution in [0.1, 0.15) is 24.2 Å². The number of likely N-dealkylation sites (N-methyl/N-ethyl adjacent to an activating group) is 1. The molecule has 0 spiro atoms. The van der Waals surface area contributed by atoms with Crippen molar-refractivity contribution in [3.8, 4) is 0 Å². The lowest BCUT2D eigenvalue weighted by Gasteiger charge is -2.34. The molecule has 0 aromatic heterocycles. The predicted molar refractivity (Wildman–Crippen MR) is 69.1 cm³/mol. The summed E-state index contributed by atoms with van der Waals surface area (Å²) >= 11 is 5.97. The van der Waals surface area contributed by atoms with Crippen LogP contribution in [0.2, 0.25) is 5.02 Å². The van der Waals surface area contributed by atoms with Crippen LogP contribution in [0.25, 0.3) is 0 Å². The molecule has 0 heterocycles. The van der Waals surface area contributed by atoms with Crippen LogP contribution in [0.4, 0.5) is 5.69 Å². The number of aliphatic hydroxyl groups is 1. The number of benzene rings is 1. The average Bonchev–Trinajstić information content (AvgIpc) is 2.27. The molecular weight excluding hydrogens is 240 g/mol. The van der Waals surface area contributed by atoms with Crippen molar-refractivity contribution in [2.24, 2.45) is 0 Å². The molecule has 0 fully saturated rings. The average molecular weight is 257 g/mol. The first kappa shape index (κ1) is 13.8. The molecule has 0 radical (unpaired) electrons. The fraction of sp³-hybridized carbons (Fsp3) is 0.417. The summed E-state index contributed by atoms with van der Waals surface area (Å²) in [7, 11) is 1.61. The summed E-state index contributed by atoms with van der Waals surface area (Å²) in [5.74, 6) is -0.299. The van der Waals surface area contributed by atoms with E-state index in [4.69, 9.17) is 17.3 Å². The van der Waals surface area contributed by atoms with E-state index in [0.717, 1.165) is 0 Å². The van der Waals surface area contributed by atoms with Gasteiger partial charge in [0.1, 0.15) is 0 Å². The third-order valence-electron chi connectivity index (χ3n) is 2.86. The second-order valence-electron chi connectivity index (χ2n) is 4.54. The number of aliphatic hydroxyl groups excluding tert-OH is 1. The Morgan fingerprint density at radius 1 is 1.53 bits per heavy atom. The first-order valence-corrected chi connectivity index (χ1v) is 5.62. The SMILES string of the molecule is CN(C(=O)c1c(N)cccc1Cl)C(C)(C)CO. The molecule has 4 nitrogen and oxygen atoms in total. The molecule has 0 saturated carbocycles. The van der Waals surface area contributed by atoms with Crippen molar-refractivity contribution in [2.45, 2.75) is 19.4 Å². The Balaban J connectivity index is 3.14. The van der Waals surface area contributed by atoms with E-state index >= 15 is 0 Å². The monoisotopic (exact) mass is 256 g/mol. The van der Waals surface area contributed by atoms with Crippen LogP contribution < -0.4 is 5.73 Å². The number of nitrogens with two attached hydrogens (primary N) is 1. The molecule has 1 rings (SSSR count). The molecule has 0 aliphatic carbocycles. The number of halogens is 1. The maximum atomic E-state index is 12.2. The minimum Gasteiger partial charge on any atom is -0.398 e. The molecule has 17 heavy (non-hydrogen) atoms. The second kappa shape index (κ2) is 4.94. The minimum absolute atomic E-state index is 0.139. The summed E-state index contributed by atoms with van der Waals surface area (Å²) in [5.41, 5.74) is 5.70. The summed E-state index contributed by atoms with van der Waals surface area (Å²) in [4.78, 5) is 13.7. The summed E-state index contributed by atoms with van der Waals surface area (Å²) < 4.78 is 0. The number of nitrogens with zero attached hydrogens (tertiary/aromatic N) is 1. The number of carbonyl (C=O) groups is 1. The van der Waals surface area contributed by atoms with Gasteiger partial charge in [0.05, 0.1) is 22.7 Å². The van der Waals surface area contributed by atoms with Crippen molar-refractivity contribution >= 4 is 23.2 Å². The van der Waals surface area contributed by atoms with Crippen LogP contribution >= 0.6 is 11.6 Å². The Bertz CT molecular complexity index is 412. The van der Waals surface area contributed by atoms with Crippen molar-refractivity contribution in [2.75, 3.05) is 19.4 Å². The van der Waals surface area contributed by atoms with E-state index in [0.29, 0.717) is 10.7 Å². The van der Waals surface area contributed by atoms with Gasteiger partial charge >= 0.3 is 0 Å². The van der Waals surface area contributed by atoms with Gasteiger partial charge in [0.25, 0.3) is 5.91 Å². The molecule has 0 saturated heterocycles. The van der Waals surface area contributed by atoms with Crippen molar-refractivity contribution in [3.05, 3.63) is 28.8 Å². The molecular formula is C12H17ClN2O2. The summed E-state index contributed by atoms with van der Waals surface area (Å²) in [5, 5.41) is 9.56. The standard InChI is InChI=1S/C12H17ClN2O2/c1-12(2,7-16)15(3)11(17)10-8(13)5-4-6-9(10)14/h4-6,16H,7,14H2,1-3H3. The third kappa shape index (κ3) is 2.70. The van der Waals surface area contributed by atoms with E-state index in [1.807, 2.05) is 0 Å². The Labute approximate surface area is 106 Å². The number of anilines is 1. The Kier molecular flexibility index (Phi) is 4.01. The lowest BCUT2D eigenvalue weighted by atomic mass is 10.0. The van der Waals surface area contributed by atoms with E-state index < -0.39 is 5.54 Å². The van der Waals surface area contributed by atoms with Crippen LogP contribution in [0.5, 0.6) is 0 Å². The van der Waals surface area contributed by atoms with Crippen LogP contribution in [0, 0.1) is 0 Å². The molecule has 0 aliphatic heterocycles. The maximum Gasteiger partial charge on any atom is 0.257 e. The molecule has 0 unspecified atom stereocenters. The van der Waals surface area contributed by atoms with E-state index in [9.17, 15) is 9.90 Å². The van der Waals surface area contributed by atoms with Crippen molar-refractivity contribution < 1.29 is 9.90 Å². The van der Waals surface area contributed by atoms with Gasteiger partial charge in [0, 0.05) is 12.7 Å². The first-order valence-electron chi connectivity index (χ1n) is 5.24. The lowest BCUT2D eigenvalue weighted by Crippen LogP contribution is -2.47. The molecule has 1 aromatic rings. The van der Waals surface area contributed by atoms with Crippen molar-refractivity contribution in [1.82, 2.24) is 4.90 Å². The third-order valence-corrected chi connectivity index (χ3v) is 3.17. The zero-order chi connectivity index (χ0) is 13.2. The van der Waals surface area contributed by atoms with Crippen LogP contribution in [-0.2, 0) is 0 Å². The normalized spacial score (nSPS) is 11.4. The van der Waals surface area contributed by atoms with Crippen molar-refractivity contribution in [1.29, 1.82) is 0 Å². The summed E-state index contributed by atoms with van der Waals surface area (Å²) in [6.07, 6.45) is 0. The van der Waals surface area contributed by atoms with Gasteiger partial charge in [-0.25, -0.2) is 0 Å². The molecule has 0 bridgehead atoms. The van der Waals surface area contributed by atoms with E-state index in [2.05, 4.69) is 0 Å². The minimum atomic E-state index is -0.664. The van der Waals surface area contributed by atoms with E-state index in [1.165, 1.54) is 4.90 Å². The lowest BCUT2D eigenvalue weighted by molar-refractivity contribution is 0.0474. The highest BCUT2D eigenvalue weighted by Crippen LogP contribution is 2.25. The topological polar surface area (TPSA) is 66.6 Å². The van der Waals surface area contributed by atoms with Gasteiger partial charge < -0.3 is 15.7 Å². The largest absolute Gasteiger partial charge is 0.398 e. The highest BCUT2D eigenvalue weighted by molar-refractivity contribution is 6.34. The molecule has 94 valence electrons. The predicted octanol–water partition coefficient (Wildman–Crippen LogP) is 1.77. The Morgan fingerprint density at radius 3 is 2.59 bits per heavy atom. The highest BCUT2D eigenvalue weighted by atomic mass is 35.5. The quantitative estimate of drug-likeness (QED) is 0.810. The van der Waals surface area contributed by atoms with Crippen molar-refractivity contribution in [3.63, 3.8) is 0 Å². The fourth-order valence-electron chi connectivity index (χ4n) is 1.32. The fourth-order valence-corrected chi connectivity index (χ4v) is 1.58. The van der Waals surface area contributed by atoms with Gasteiger partial charge in [-0.05, 0) is 26.0 Å². The number of hydrogen-bond donors (Lipinski definition) is 2. The maximum absolute atomic E-state index is 12.2. The van der Waals surface area contributed by atoms with E-state index in [1.54, 1.807) is 39.1 Å². The van der Waals surface area contributed by atoms with Gasteiger partial charge in [-0.2, -0.15) is 0 Å². The molecule has 5 heteroatoms. The van der Waals surface area contributed by atoms with E-state index in [-0.39, 0.29) is 18.1 Å². The Hall–Kier alpha value is -1.26. The molecule has 1 amide bonds. The van der Waals surface area contributed by atoms with Gasteiger partial charge in [0.2, 0.25) is 0 Å². The molecule has 3 N–H and O–H groups in total. The number of amides is 1. The van der Waals surface area contributed by atoms with Crippen LogP contribution in [0.15, 0.2) is 18.2 Å². The van der Waals surface area contributed by atoms with Gasteiger partial charge in [-0.15, -0.1) is 0 Å². The summed E-state index contributed by atoms with van der Waals surface area (Å²) in [6.45, 7) is 3.38. The number of hydrogen-bond acceptors (Lipinski definition) is 3.